The minimum absolute atomic E-state index is 0.129. The number of halogens is 3. The quantitative estimate of drug-likeness (QED) is 0.263. The Bertz CT molecular complexity index is 1270. The van der Waals surface area contributed by atoms with Gasteiger partial charge >= 0.3 is 0 Å². The van der Waals surface area contributed by atoms with Crippen LogP contribution in [0, 0.1) is 6.92 Å². The van der Waals surface area contributed by atoms with Gasteiger partial charge in [-0.1, -0.05) is 88.4 Å². The molecule has 0 aliphatic heterocycles. The molecule has 3 aromatic rings. The first kappa shape index (κ1) is 28.5. The van der Waals surface area contributed by atoms with Gasteiger partial charge in [0.15, 0.2) is 6.61 Å². The van der Waals surface area contributed by atoms with Gasteiger partial charge in [0.1, 0.15) is 11.8 Å². The third-order valence-corrected chi connectivity index (χ3v) is 8.43. The number of benzene rings is 3. The van der Waals surface area contributed by atoms with E-state index in [1.54, 1.807) is 17.0 Å². The molecule has 1 N–H and O–H groups in total. The number of carbonyl (C=O) groups is 2. The molecule has 0 unspecified atom stereocenters. The average molecular weight is 618 g/mol. The summed E-state index contributed by atoms with van der Waals surface area (Å²) in [4.78, 5) is 29.1. The molecule has 3 aromatic carbocycles. The number of nitrogens with zero attached hydrogens (tertiary/aromatic N) is 1. The monoisotopic (exact) mass is 616 g/mol. The second-order valence-electron chi connectivity index (χ2n) is 9.67. The lowest BCUT2D eigenvalue weighted by Crippen LogP contribution is -2.53. The van der Waals surface area contributed by atoms with Crippen molar-refractivity contribution < 1.29 is 14.3 Å². The molecule has 38 heavy (non-hydrogen) atoms. The molecule has 0 saturated heterocycles. The highest BCUT2D eigenvalue weighted by Crippen LogP contribution is 2.26. The van der Waals surface area contributed by atoms with Crippen LogP contribution in [0.1, 0.15) is 42.4 Å². The second kappa shape index (κ2) is 13.5. The van der Waals surface area contributed by atoms with Crippen molar-refractivity contribution in [3.05, 3.63) is 97.9 Å². The van der Waals surface area contributed by atoms with Gasteiger partial charge in [-0.25, -0.2) is 0 Å². The van der Waals surface area contributed by atoms with Gasteiger partial charge in [-0.3, -0.25) is 9.59 Å². The van der Waals surface area contributed by atoms with Crippen molar-refractivity contribution in [1.82, 2.24) is 10.2 Å². The van der Waals surface area contributed by atoms with Crippen LogP contribution in [0.15, 0.2) is 71.2 Å². The summed E-state index contributed by atoms with van der Waals surface area (Å²) in [5.74, 6) is 0.136. The van der Waals surface area contributed by atoms with E-state index < -0.39 is 6.04 Å². The first-order valence-electron chi connectivity index (χ1n) is 12.8. The Morgan fingerprint density at radius 2 is 1.74 bits per heavy atom. The summed E-state index contributed by atoms with van der Waals surface area (Å²) in [6, 6.07) is 20.0. The molecule has 5 nitrogen and oxygen atoms in total. The van der Waals surface area contributed by atoms with Crippen molar-refractivity contribution in [3.63, 3.8) is 0 Å². The Hall–Kier alpha value is -2.54. The number of aryl methyl sites for hydroxylation is 1. The SMILES string of the molecule is Cc1cc(OCC(=O)N(Cc2ccc(Cl)c(Cl)c2)[C@@H](Cc2ccccc2)C(=O)NC2CCCC2)ccc1Br. The number of hydrogen-bond acceptors (Lipinski definition) is 3. The third kappa shape index (κ3) is 7.75. The van der Waals surface area contributed by atoms with Gasteiger partial charge < -0.3 is 15.0 Å². The van der Waals surface area contributed by atoms with Gasteiger partial charge in [-0.2, -0.15) is 0 Å². The number of amides is 2. The lowest BCUT2D eigenvalue weighted by molar-refractivity contribution is -0.143. The van der Waals surface area contributed by atoms with Crippen molar-refractivity contribution in [2.75, 3.05) is 6.61 Å². The van der Waals surface area contributed by atoms with Crippen LogP contribution in [0.25, 0.3) is 0 Å². The largest absolute Gasteiger partial charge is 0.484 e. The van der Waals surface area contributed by atoms with E-state index in [0.29, 0.717) is 22.2 Å². The maximum atomic E-state index is 13.8. The van der Waals surface area contributed by atoms with E-state index in [0.717, 1.165) is 46.8 Å². The van der Waals surface area contributed by atoms with Gasteiger partial charge in [0.05, 0.1) is 10.0 Å². The van der Waals surface area contributed by atoms with Crippen LogP contribution in [0.5, 0.6) is 5.75 Å². The predicted octanol–water partition coefficient (Wildman–Crippen LogP) is 7.14. The maximum absolute atomic E-state index is 13.8. The smallest absolute Gasteiger partial charge is 0.261 e. The molecule has 0 heterocycles. The molecule has 1 aliphatic carbocycles. The van der Waals surface area contributed by atoms with Crippen LogP contribution >= 0.6 is 39.1 Å². The molecule has 0 bridgehead atoms. The van der Waals surface area contributed by atoms with Crippen LogP contribution in [0.2, 0.25) is 10.0 Å². The summed E-state index contributed by atoms with van der Waals surface area (Å²) < 4.78 is 6.85. The number of rotatable bonds is 10. The molecule has 1 aliphatic rings. The topological polar surface area (TPSA) is 58.6 Å². The second-order valence-corrected chi connectivity index (χ2v) is 11.3. The Balaban J connectivity index is 1.63. The highest BCUT2D eigenvalue weighted by atomic mass is 79.9. The van der Waals surface area contributed by atoms with Crippen molar-refractivity contribution in [3.8, 4) is 5.75 Å². The Kier molecular flexibility index (Phi) is 10.1. The third-order valence-electron chi connectivity index (χ3n) is 6.80. The van der Waals surface area contributed by atoms with E-state index in [1.165, 1.54) is 0 Å². The lowest BCUT2D eigenvalue weighted by atomic mass is 10.0. The molecule has 200 valence electrons. The van der Waals surface area contributed by atoms with E-state index in [-0.39, 0.29) is 31.0 Å². The van der Waals surface area contributed by atoms with Crippen molar-refractivity contribution in [2.45, 2.75) is 57.7 Å². The van der Waals surface area contributed by atoms with Gasteiger partial charge in [-0.15, -0.1) is 0 Å². The molecule has 2 amide bonds. The molecule has 0 spiro atoms. The molecular weight excluding hydrogens is 587 g/mol. The summed E-state index contributed by atoms with van der Waals surface area (Å²) >= 11 is 15.9. The standard InChI is InChI=1S/C30H31BrCl2N2O3/c1-20-15-24(12-13-25(20)31)38-19-29(36)35(18-22-11-14-26(32)27(33)16-22)28(17-21-7-3-2-4-8-21)30(37)34-23-9-5-6-10-23/h2-4,7-8,11-16,23,28H,5-6,9-10,17-19H2,1H3,(H,34,37)/t28-/m0/s1. The maximum Gasteiger partial charge on any atom is 0.261 e. The number of nitrogens with one attached hydrogen (secondary N) is 1. The lowest BCUT2D eigenvalue weighted by Gasteiger charge is -2.32. The van der Waals surface area contributed by atoms with Crippen LogP contribution in [-0.4, -0.2) is 35.4 Å². The molecule has 8 heteroatoms. The molecule has 1 atom stereocenters. The summed E-state index contributed by atoms with van der Waals surface area (Å²) in [6.07, 6.45) is 4.48. The average Bonchev–Trinajstić information content (AvgIpc) is 3.42. The fourth-order valence-corrected chi connectivity index (χ4v) is 5.26. The highest BCUT2D eigenvalue weighted by Gasteiger charge is 2.32. The van der Waals surface area contributed by atoms with E-state index in [9.17, 15) is 9.59 Å². The van der Waals surface area contributed by atoms with Gasteiger partial charge in [0.25, 0.3) is 5.91 Å². The Labute approximate surface area is 242 Å². The van der Waals surface area contributed by atoms with Crippen LogP contribution in [0.4, 0.5) is 0 Å². The van der Waals surface area contributed by atoms with Gasteiger partial charge in [0.2, 0.25) is 5.91 Å². The molecule has 1 fully saturated rings. The fourth-order valence-electron chi connectivity index (χ4n) is 4.69. The zero-order chi connectivity index (χ0) is 27.1. The van der Waals surface area contributed by atoms with Crippen molar-refractivity contribution >= 4 is 50.9 Å². The zero-order valence-corrected chi connectivity index (χ0v) is 24.4. The summed E-state index contributed by atoms with van der Waals surface area (Å²) in [6.45, 7) is 1.94. The van der Waals surface area contributed by atoms with E-state index in [2.05, 4.69) is 21.2 Å². The molecule has 4 rings (SSSR count). The van der Waals surface area contributed by atoms with Gasteiger partial charge in [0, 0.05) is 23.5 Å². The zero-order valence-electron chi connectivity index (χ0n) is 21.3. The van der Waals surface area contributed by atoms with E-state index >= 15 is 0 Å². The summed E-state index contributed by atoms with van der Waals surface area (Å²) in [5.41, 5.74) is 2.75. The molecule has 0 radical (unpaired) electrons. The normalized spacial score (nSPS) is 14.2. The van der Waals surface area contributed by atoms with Crippen LogP contribution < -0.4 is 10.1 Å². The number of carbonyl (C=O) groups excluding carboxylic acids is 2. The highest BCUT2D eigenvalue weighted by molar-refractivity contribution is 9.10. The van der Waals surface area contributed by atoms with Crippen molar-refractivity contribution in [2.24, 2.45) is 0 Å². The minimum atomic E-state index is -0.727. The first-order chi connectivity index (χ1) is 18.3. The molecule has 0 aromatic heterocycles. The van der Waals surface area contributed by atoms with E-state index in [1.807, 2.05) is 61.5 Å². The molecular formula is C30H31BrCl2N2O3. The Morgan fingerprint density at radius 3 is 2.42 bits per heavy atom. The fraction of sp³-hybridized carbons (Fsp3) is 0.333. The molecule has 1 saturated carbocycles. The summed E-state index contributed by atoms with van der Waals surface area (Å²) in [5, 5.41) is 4.03. The number of ether oxygens (including phenoxy) is 1. The van der Waals surface area contributed by atoms with Gasteiger partial charge in [-0.05, 0) is 66.8 Å². The van der Waals surface area contributed by atoms with Crippen LogP contribution in [-0.2, 0) is 22.6 Å². The number of hydrogen-bond donors (Lipinski definition) is 1. The Morgan fingerprint density at radius 1 is 1.00 bits per heavy atom. The first-order valence-corrected chi connectivity index (χ1v) is 14.3. The summed E-state index contributed by atoms with van der Waals surface area (Å²) in [7, 11) is 0. The van der Waals surface area contributed by atoms with Crippen LogP contribution in [0.3, 0.4) is 0 Å². The minimum Gasteiger partial charge on any atom is -0.484 e. The van der Waals surface area contributed by atoms with Crippen molar-refractivity contribution in [1.29, 1.82) is 0 Å². The van der Waals surface area contributed by atoms with E-state index in [4.69, 9.17) is 27.9 Å². The predicted molar refractivity (Wildman–Crippen MR) is 156 cm³/mol.